The molecule has 5 heteroatoms. The molecule has 0 spiro atoms. The van der Waals surface area contributed by atoms with Crippen LogP contribution in [0.15, 0.2) is 41.0 Å². The van der Waals surface area contributed by atoms with Crippen molar-refractivity contribution in [2.24, 2.45) is 5.73 Å². The third-order valence-electron chi connectivity index (χ3n) is 3.14. The number of nitrogens with two attached hydrogens (primary N) is 1. The van der Waals surface area contributed by atoms with Crippen molar-refractivity contribution in [3.63, 3.8) is 0 Å². The van der Waals surface area contributed by atoms with Gasteiger partial charge in [0.05, 0.1) is 19.5 Å². The molecule has 0 saturated carbocycles. The Bertz CT molecular complexity index is 524. The second kappa shape index (κ2) is 6.10. The lowest BCUT2D eigenvalue weighted by Crippen LogP contribution is -2.20. The molecule has 0 saturated heterocycles. The standard InChI is InChI=1S/C14H16ClNO3/c1-18-10-4-2-9(3-5-10)12(8-16)13(17)11-6-7-19-14(11)15/h2-7,12-13,17H,8,16H2,1H3. The summed E-state index contributed by atoms with van der Waals surface area (Å²) in [5.41, 5.74) is 7.24. The Morgan fingerprint density at radius 1 is 1.32 bits per heavy atom. The number of benzene rings is 1. The zero-order chi connectivity index (χ0) is 13.8. The maximum Gasteiger partial charge on any atom is 0.198 e. The van der Waals surface area contributed by atoms with Gasteiger partial charge in [-0.2, -0.15) is 0 Å². The predicted molar refractivity (Wildman–Crippen MR) is 73.5 cm³/mol. The summed E-state index contributed by atoms with van der Waals surface area (Å²) >= 11 is 5.88. The maximum absolute atomic E-state index is 10.4. The molecule has 2 atom stereocenters. The number of methoxy groups -OCH3 is 1. The Kier molecular flexibility index (Phi) is 4.47. The largest absolute Gasteiger partial charge is 0.497 e. The van der Waals surface area contributed by atoms with Crippen LogP contribution in [0, 0.1) is 0 Å². The fourth-order valence-corrected chi connectivity index (χ4v) is 2.26. The summed E-state index contributed by atoms with van der Waals surface area (Å²) in [6, 6.07) is 9.09. The Balaban J connectivity index is 2.26. The van der Waals surface area contributed by atoms with Crippen molar-refractivity contribution in [1.82, 2.24) is 0 Å². The molecule has 19 heavy (non-hydrogen) atoms. The van der Waals surface area contributed by atoms with Gasteiger partial charge in [0.2, 0.25) is 0 Å². The van der Waals surface area contributed by atoms with Crippen LogP contribution in [0.4, 0.5) is 0 Å². The summed E-state index contributed by atoms with van der Waals surface area (Å²) < 4.78 is 10.1. The summed E-state index contributed by atoms with van der Waals surface area (Å²) in [5, 5.41) is 10.6. The number of rotatable bonds is 5. The van der Waals surface area contributed by atoms with Crippen molar-refractivity contribution in [2.75, 3.05) is 13.7 Å². The lowest BCUT2D eigenvalue weighted by molar-refractivity contribution is 0.147. The SMILES string of the molecule is COc1ccc(C(CN)C(O)c2ccoc2Cl)cc1. The molecule has 0 aliphatic rings. The smallest absolute Gasteiger partial charge is 0.198 e. The number of hydrogen-bond acceptors (Lipinski definition) is 4. The highest BCUT2D eigenvalue weighted by Gasteiger charge is 2.24. The van der Waals surface area contributed by atoms with Crippen LogP contribution in [0.2, 0.25) is 5.22 Å². The molecule has 1 aromatic heterocycles. The van der Waals surface area contributed by atoms with Crippen LogP contribution in [-0.2, 0) is 0 Å². The number of aliphatic hydroxyl groups is 1. The van der Waals surface area contributed by atoms with Crippen molar-refractivity contribution >= 4 is 11.6 Å². The summed E-state index contributed by atoms with van der Waals surface area (Å²) in [5.74, 6) is 0.511. The molecular weight excluding hydrogens is 266 g/mol. The minimum absolute atomic E-state index is 0.194. The zero-order valence-electron chi connectivity index (χ0n) is 10.5. The van der Waals surface area contributed by atoms with Gasteiger partial charge in [0, 0.05) is 18.0 Å². The summed E-state index contributed by atoms with van der Waals surface area (Å²) in [6.07, 6.45) is 0.646. The number of aliphatic hydroxyl groups excluding tert-OH is 1. The number of halogens is 1. The second-order valence-corrected chi connectivity index (χ2v) is 4.55. The zero-order valence-corrected chi connectivity index (χ0v) is 11.3. The van der Waals surface area contributed by atoms with E-state index in [0.717, 1.165) is 11.3 Å². The third-order valence-corrected chi connectivity index (χ3v) is 3.45. The van der Waals surface area contributed by atoms with E-state index in [0.29, 0.717) is 12.1 Å². The summed E-state index contributed by atoms with van der Waals surface area (Å²) in [7, 11) is 1.61. The van der Waals surface area contributed by atoms with E-state index in [2.05, 4.69) is 0 Å². The molecule has 1 aromatic carbocycles. The Morgan fingerprint density at radius 2 is 2.00 bits per heavy atom. The van der Waals surface area contributed by atoms with Crippen molar-refractivity contribution in [1.29, 1.82) is 0 Å². The molecule has 0 aliphatic heterocycles. The van der Waals surface area contributed by atoms with Crippen LogP contribution in [0.25, 0.3) is 0 Å². The normalized spacial score (nSPS) is 14.1. The van der Waals surface area contributed by atoms with E-state index in [4.69, 9.17) is 26.5 Å². The van der Waals surface area contributed by atoms with Crippen LogP contribution in [0.3, 0.4) is 0 Å². The van der Waals surface area contributed by atoms with Gasteiger partial charge < -0.3 is 20.0 Å². The monoisotopic (exact) mass is 281 g/mol. The first-order chi connectivity index (χ1) is 9.17. The molecule has 1 heterocycles. The van der Waals surface area contributed by atoms with E-state index in [1.54, 1.807) is 13.2 Å². The van der Waals surface area contributed by atoms with E-state index < -0.39 is 6.10 Å². The van der Waals surface area contributed by atoms with Gasteiger partial charge in [0.15, 0.2) is 5.22 Å². The lowest BCUT2D eigenvalue weighted by atomic mass is 9.90. The van der Waals surface area contributed by atoms with Crippen molar-refractivity contribution < 1.29 is 14.3 Å². The summed E-state index contributed by atoms with van der Waals surface area (Å²) in [4.78, 5) is 0. The number of ether oxygens (including phenoxy) is 1. The van der Waals surface area contributed by atoms with Crippen molar-refractivity contribution in [3.8, 4) is 5.75 Å². The van der Waals surface area contributed by atoms with Gasteiger partial charge in [-0.1, -0.05) is 12.1 Å². The van der Waals surface area contributed by atoms with Crippen molar-refractivity contribution in [3.05, 3.63) is 52.9 Å². The minimum atomic E-state index is -0.801. The van der Waals surface area contributed by atoms with Gasteiger partial charge in [-0.05, 0) is 35.4 Å². The van der Waals surface area contributed by atoms with Crippen LogP contribution in [-0.4, -0.2) is 18.8 Å². The molecule has 3 N–H and O–H groups in total. The van der Waals surface area contributed by atoms with Gasteiger partial charge >= 0.3 is 0 Å². The molecule has 0 radical (unpaired) electrons. The van der Waals surface area contributed by atoms with Gasteiger partial charge in [-0.3, -0.25) is 0 Å². The topological polar surface area (TPSA) is 68.6 Å². The highest BCUT2D eigenvalue weighted by molar-refractivity contribution is 6.29. The second-order valence-electron chi connectivity index (χ2n) is 4.21. The molecular formula is C14H16ClNO3. The third kappa shape index (κ3) is 2.92. The number of furan rings is 1. The van der Waals surface area contributed by atoms with E-state index in [9.17, 15) is 5.11 Å². The van der Waals surface area contributed by atoms with E-state index in [1.807, 2.05) is 24.3 Å². The summed E-state index contributed by atoms with van der Waals surface area (Å²) in [6.45, 7) is 0.301. The van der Waals surface area contributed by atoms with Gasteiger partial charge in [0.25, 0.3) is 0 Å². The minimum Gasteiger partial charge on any atom is -0.497 e. The Morgan fingerprint density at radius 3 is 2.47 bits per heavy atom. The number of hydrogen-bond donors (Lipinski definition) is 2. The average molecular weight is 282 g/mol. The fourth-order valence-electron chi connectivity index (χ4n) is 2.03. The maximum atomic E-state index is 10.4. The Hall–Kier alpha value is -1.49. The highest BCUT2D eigenvalue weighted by Crippen LogP contribution is 2.34. The first-order valence-corrected chi connectivity index (χ1v) is 6.30. The first-order valence-electron chi connectivity index (χ1n) is 5.92. The fraction of sp³-hybridized carbons (Fsp3) is 0.286. The van der Waals surface area contributed by atoms with Crippen molar-refractivity contribution in [2.45, 2.75) is 12.0 Å². The molecule has 0 amide bonds. The Labute approximate surface area is 116 Å². The van der Waals surface area contributed by atoms with E-state index in [-0.39, 0.29) is 11.1 Å². The average Bonchev–Trinajstić information content (AvgIpc) is 2.86. The van der Waals surface area contributed by atoms with Gasteiger partial charge in [-0.25, -0.2) is 0 Å². The molecule has 102 valence electrons. The van der Waals surface area contributed by atoms with E-state index in [1.165, 1.54) is 6.26 Å². The van der Waals surface area contributed by atoms with Gasteiger partial charge in [-0.15, -0.1) is 0 Å². The molecule has 2 aromatic rings. The van der Waals surface area contributed by atoms with Crippen LogP contribution in [0.5, 0.6) is 5.75 Å². The lowest BCUT2D eigenvalue weighted by Gasteiger charge is -2.21. The molecule has 0 aliphatic carbocycles. The first kappa shape index (κ1) is 13.9. The van der Waals surface area contributed by atoms with Crippen LogP contribution in [0.1, 0.15) is 23.1 Å². The van der Waals surface area contributed by atoms with E-state index >= 15 is 0 Å². The van der Waals surface area contributed by atoms with Crippen LogP contribution < -0.4 is 10.5 Å². The molecule has 2 rings (SSSR count). The molecule has 2 unspecified atom stereocenters. The molecule has 4 nitrogen and oxygen atoms in total. The highest BCUT2D eigenvalue weighted by atomic mass is 35.5. The van der Waals surface area contributed by atoms with Gasteiger partial charge in [0.1, 0.15) is 5.75 Å². The van der Waals surface area contributed by atoms with Crippen LogP contribution >= 0.6 is 11.6 Å². The molecule has 0 bridgehead atoms. The molecule has 0 fully saturated rings. The predicted octanol–water partition coefficient (Wildman–Crippen LogP) is 2.72. The quantitative estimate of drug-likeness (QED) is 0.884.